The van der Waals surface area contributed by atoms with Crippen molar-refractivity contribution in [3.63, 3.8) is 0 Å². The predicted octanol–water partition coefficient (Wildman–Crippen LogP) is 2.72. The van der Waals surface area contributed by atoms with Gasteiger partial charge in [-0.15, -0.1) is 0 Å². The molecule has 0 atom stereocenters. The number of methoxy groups -OCH3 is 1. The van der Waals surface area contributed by atoms with Crippen LogP contribution in [-0.4, -0.2) is 23.6 Å². The van der Waals surface area contributed by atoms with E-state index in [0.29, 0.717) is 5.56 Å². The summed E-state index contributed by atoms with van der Waals surface area (Å²) in [6.07, 6.45) is 1.55. The minimum Gasteiger partial charge on any atom is -0.465 e. The van der Waals surface area contributed by atoms with Gasteiger partial charge in [0.2, 0.25) is 5.91 Å². The highest BCUT2D eigenvalue weighted by Crippen LogP contribution is 2.22. The van der Waals surface area contributed by atoms with Gasteiger partial charge in [0.05, 0.1) is 18.2 Å². The van der Waals surface area contributed by atoms with E-state index in [2.05, 4.69) is 0 Å². The van der Waals surface area contributed by atoms with Crippen LogP contribution in [0.2, 0.25) is 0 Å². The van der Waals surface area contributed by atoms with Crippen LogP contribution < -0.4 is 0 Å². The molecule has 0 aliphatic heterocycles. The molecule has 0 unspecified atom stereocenters. The van der Waals surface area contributed by atoms with Crippen molar-refractivity contribution in [3.05, 3.63) is 36.0 Å². The molecule has 94 valence electrons. The number of benzene rings is 1. The molecule has 1 heterocycles. The molecule has 1 aromatic heterocycles. The Morgan fingerprint density at radius 1 is 1.22 bits per heavy atom. The summed E-state index contributed by atoms with van der Waals surface area (Å²) >= 11 is 0. The summed E-state index contributed by atoms with van der Waals surface area (Å²) in [7, 11) is 1.33. The molecule has 0 aliphatic rings. The number of ether oxygens (including phenoxy) is 1. The van der Waals surface area contributed by atoms with Gasteiger partial charge in [0, 0.05) is 17.5 Å². The number of carbonyl (C=O) groups excluding carboxylic acids is 2. The van der Waals surface area contributed by atoms with E-state index in [4.69, 9.17) is 4.74 Å². The van der Waals surface area contributed by atoms with Gasteiger partial charge >= 0.3 is 5.97 Å². The Morgan fingerprint density at radius 2 is 1.89 bits per heavy atom. The van der Waals surface area contributed by atoms with E-state index in [9.17, 15) is 9.59 Å². The topological polar surface area (TPSA) is 48.3 Å². The maximum absolute atomic E-state index is 12.1. The standard InChI is InChI=1S/C14H15NO3/c1-9(2)13(16)15-8-11(14(17)18-3)10-6-4-5-7-12(10)15/h4-9H,1-3H3. The summed E-state index contributed by atoms with van der Waals surface area (Å²) in [5.74, 6) is -0.603. The molecule has 2 rings (SSSR count). The van der Waals surface area contributed by atoms with Gasteiger partial charge in [-0.3, -0.25) is 9.36 Å². The molecule has 0 spiro atoms. The smallest absolute Gasteiger partial charge is 0.340 e. The van der Waals surface area contributed by atoms with Crippen molar-refractivity contribution >= 4 is 22.8 Å². The van der Waals surface area contributed by atoms with Crippen molar-refractivity contribution < 1.29 is 14.3 Å². The van der Waals surface area contributed by atoms with Gasteiger partial charge < -0.3 is 4.74 Å². The van der Waals surface area contributed by atoms with E-state index >= 15 is 0 Å². The minimum atomic E-state index is -0.429. The lowest BCUT2D eigenvalue weighted by atomic mass is 10.2. The summed E-state index contributed by atoms with van der Waals surface area (Å²) in [5.41, 5.74) is 1.15. The van der Waals surface area contributed by atoms with E-state index in [1.807, 2.05) is 38.1 Å². The Balaban J connectivity index is 2.69. The molecule has 0 N–H and O–H groups in total. The fourth-order valence-corrected chi connectivity index (χ4v) is 1.91. The Bertz CT molecular complexity index is 611. The van der Waals surface area contributed by atoms with Gasteiger partial charge in [0.25, 0.3) is 0 Å². The lowest BCUT2D eigenvalue weighted by molar-refractivity contribution is 0.0603. The van der Waals surface area contributed by atoms with Gasteiger partial charge in [-0.05, 0) is 6.07 Å². The molecule has 18 heavy (non-hydrogen) atoms. The van der Waals surface area contributed by atoms with E-state index in [1.54, 1.807) is 6.20 Å². The number of esters is 1. The first-order valence-electron chi connectivity index (χ1n) is 5.79. The van der Waals surface area contributed by atoms with Gasteiger partial charge in [0.15, 0.2) is 0 Å². The van der Waals surface area contributed by atoms with Crippen molar-refractivity contribution in [1.29, 1.82) is 0 Å². The van der Waals surface area contributed by atoms with Gasteiger partial charge in [-0.1, -0.05) is 32.0 Å². The van der Waals surface area contributed by atoms with Crippen LogP contribution in [0.25, 0.3) is 10.9 Å². The molecule has 0 aliphatic carbocycles. The molecule has 4 nitrogen and oxygen atoms in total. The molecule has 0 amide bonds. The molecule has 2 aromatic rings. The van der Waals surface area contributed by atoms with Crippen LogP contribution in [0.5, 0.6) is 0 Å². The van der Waals surface area contributed by atoms with Crippen LogP contribution in [0, 0.1) is 5.92 Å². The molecule has 0 saturated heterocycles. The average molecular weight is 245 g/mol. The lowest BCUT2D eigenvalue weighted by Crippen LogP contribution is -2.15. The zero-order chi connectivity index (χ0) is 13.3. The monoisotopic (exact) mass is 245 g/mol. The summed E-state index contributed by atoms with van der Waals surface area (Å²) in [5, 5.41) is 0.735. The highest BCUT2D eigenvalue weighted by Gasteiger charge is 2.19. The second kappa shape index (κ2) is 4.64. The normalized spacial score (nSPS) is 10.9. The maximum Gasteiger partial charge on any atom is 0.340 e. The molecular weight excluding hydrogens is 230 g/mol. The highest BCUT2D eigenvalue weighted by molar-refractivity contribution is 6.07. The van der Waals surface area contributed by atoms with E-state index in [-0.39, 0.29) is 11.8 Å². The molecule has 0 fully saturated rings. The Kier molecular flexibility index (Phi) is 3.19. The number of hydrogen-bond donors (Lipinski definition) is 0. The SMILES string of the molecule is COC(=O)c1cn(C(=O)C(C)C)c2ccccc12. The Hall–Kier alpha value is -2.10. The van der Waals surface area contributed by atoms with E-state index in [0.717, 1.165) is 10.9 Å². The van der Waals surface area contributed by atoms with Gasteiger partial charge in [0.1, 0.15) is 0 Å². The first-order valence-corrected chi connectivity index (χ1v) is 5.79. The minimum absolute atomic E-state index is 0.0404. The van der Waals surface area contributed by atoms with Crippen LogP contribution in [0.15, 0.2) is 30.5 Å². The predicted molar refractivity (Wildman–Crippen MR) is 68.7 cm³/mol. The summed E-state index contributed by atoms with van der Waals surface area (Å²) in [6.45, 7) is 3.66. The third-order valence-electron chi connectivity index (χ3n) is 2.85. The van der Waals surface area contributed by atoms with Crippen molar-refractivity contribution in [3.8, 4) is 0 Å². The second-order valence-electron chi connectivity index (χ2n) is 4.41. The number of rotatable bonds is 2. The van der Waals surface area contributed by atoms with Crippen LogP contribution >= 0.6 is 0 Å². The van der Waals surface area contributed by atoms with E-state index < -0.39 is 5.97 Å². The first-order chi connectivity index (χ1) is 8.56. The molecule has 0 saturated carbocycles. The molecule has 4 heteroatoms. The van der Waals surface area contributed by atoms with Crippen molar-refractivity contribution in [1.82, 2.24) is 4.57 Å². The average Bonchev–Trinajstić information content (AvgIpc) is 2.76. The number of fused-ring (bicyclic) bond motifs is 1. The van der Waals surface area contributed by atoms with Gasteiger partial charge in [-0.2, -0.15) is 0 Å². The van der Waals surface area contributed by atoms with Crippen LogP contribution in [0.3, 0.4) is 0 Å². The van der Waals surface area contributed by atoms with Crippen molar-refractivity contribution in [2.75, 3.05) is 7.11 Å². The maximum atomic E-state index is 12.1. The molecule has 0 radical (unpaired) electrons. The molecule has 1 aromatic carbocycles. The zero-order valence-corrected chi connectivity index (χ0v) is 10.6. The molecular formula is C14H15NO3. The quantitative estimate of drug-likeness (QED) is 0.764. The van der Waals surface area contributed by atoms with Crippen LogP contribution in [0.1, 0.15) is 29.0 Å². The summed E-state index contributed by atoms with van der Waals surface area (Å²) in [4.78, 5) is 23.8. The van der Waals surface area contributed by atoms with Crippen LogP contribution in [0.4, 0.5) is 0 Å². The Labute approximate surface area is 105 Å². The highest BCUT2D eigenvalue weighted by atomic mass is 16.5. The third-order valence-corrected chi connectivity index (χ3v) is 2.85. The zero-order valence-electron chi connectivity index (χ0n) is 10.6. The number of aromatic nitrogens is 1. The van der Waals surface area contributed by atoms with Crippen LogP contribution in [-0.2, 0) is 4.74 Å². The number of carbonyl (C=O) groups is 2. The first kappa shape index (κ1) is 12.4. The lowest BCUT2D eigenvalue weighted by Gasteiger charge is -2.06. The summed E-state index contributed by atoms with van der Waals surface area (Å²) < 4.78 is 6.25. The van der Waals surface area contributed by atoms with Crippen molar-refractivity contribution in [2.45, 2.75) is 13.8 Å². The number of nitrogens with zero attached hydrogens (tertiary/aromatic N) is 1. The van der Waals surface area contributed by atoms with E-state index in [1.165, 1.54) is 11.7 Å². The third kappa shape index (κ3) is 1.90. The number of hydrogen-bond acceptors (Lipinski definition) is 3. The second-order valence-corrected chi connectivity index (χ2v) is 4.41. The largest absolute Gasteiger partial charge is 0.465 e. The summed E-state index contributed by atoms with van der Waals surface area (Å²) in [6, 6.07) is 7.31. The van der Waals surface area contributed by atoms with Crippen molar-refractivity contribution in [2.24, 2.45) is 5.92 Å². The number of para-hydroxylation sites is 1. The van der Waals surface area contributed by atoms with Gasteiger partial charge in [-0.25, -0.2) is 4.79 Å². The fraction of sp³-hybridized carbons (Fsp3) is 0.286. The Morgan fingerprint density at radius 3 is 2.50 bits per heavy atom. The molecule has 0 bridgehead atoms. The fourth-order valence-electron chi connectivity index (χ4n) is 1.91.